The van der Waals surface area contributed by atoms with E-state index in [1.807, 2.05) is 41.4 Å². The summed E-state index contributed by atoms with van der Waals surface area (Å²) >= 11 is 1.69. The number of ether oxygens (including phenoxy) is 1. The molecule has 10 rings (SSSR count). The van der Waals surface area contributed by atoms with E-state index in [4.69, 9.17) is 30.0 Å². The van der Waals surface area contributed by atoms with Gasteiger partial charge in [-0.1, -0.05) is 26.0 Å². The lowest BCUT2D eigenvalue weighted by molar-refractivity contribution is -0.248. The number of hydrogen-bond donors (Lipinski definition) is 2. The van der Waals surface area contributed by atoms with Gasteiger partial charge in [0.05, 0.1) is 39.3 Å². The second-order valence-electron chi connectivity index (χ2n) is 19.2. The van der Waals surface area contributed by atoms with E-state index < -0.39 is 5.97 Å². The number of pyridine rings is 1. The van der Waals surface area contributed by atoms with Crippen molar-refractivity contribution in [2.24, 2.45) is 16.2 Å². The van der Waals surface area contributed by atoms with Crippen molar-refractivity contribution < 1.29 is 19.7 Å². The summed E-state index contributed by atoms with van der Waals surface area (Å²) in [6, 6.07) is 12.0. The van der Waals surface area contributed by atoms with Gasteiger partial charge in [0.2, 0.25) is 0 Å². The van der Waals surface area contributed by atoms with Crippen LogP contribution in [0.1, 0.15) is 110 Å². The molecule has 5 aliphatic rings. The number of nitrogens with zero attached hydrogens (tertiary/aromatic N) is 8. The average Bonchev–Trinajstić information content (AvgIpc) is 3.75. The van der Waals surface area contributed by atoms with Crippen LogP contribution in [-0.4, -0.2) is 96.5 Å². The summed E-state index contributed by atoms with van der Waals surface area (Å²) in [4.78, 5) is 26.9. The maximum Gasteiger partial charge on any atom is 0.355 e. The van der Waals surface area contributed by atoms with Gasteiger partial charge in [-0.2, -0.15) is 10.2 Å². The van der Waals surface area contributed by atoms with Crippen molar-refractivity contribution in [3.8, 4) is 11.1 Å². The SMILES string of the molecule is Cc1c(Cc2nc3ccccc3s2)nnc2c1CCCN2c1ccc(-c2cnn(CC34CC5(C)CC(C)(C3)CC(OCCN(C)CCCCO)(C5)C4)c2C)c(C(=O)O)n1. The van der Waals surface area contributed by atoms with Gasteiger partial charge in [0.1, 0.15) is 5.82 Å². The molecule has 5 heterocycles. The molecule has 4 saturated carbocycles. The van der Waals surface area contributed by atoms with Gasteiger partial charge in [0.15, 0.2) is 11.5 Å². The van der Waals surface area contributed by atoms with Gasteiger partial charge < -0.3 is 24.7 Å². The Kier molecular flexibility index (Phi) is 10.4. The highest BCUT2D eigenvalue weighted by atomic mass is 32.1. The van der Waals surface area contributed by atoms with Crippen LogP contribution in [0.3, 0.4) is 0 Å². The summed E-state index contributed by atoms with van der Waals surface area (Å²) in [5, 5.41) is 35.2. The van der Waals surface area contributed by atoms with E-state index in [0.717, 1.165) is 127 Å². The zero-order valence-corrected chi connectivity index (χ0v) is 36.1. The molecule has 1 aromatic carbocycles. The van der Waals surface area contributed by atoms with Crippen LogP contribution >= 0.6 is 11.3 Å². The van der Waals surface area contributed by atoms with Crippen LogP contribution in [0.25, 0.3) is 21.3 Å². The zero-order valence-electron chi connectivity index (χ0n) is 35.3. The van der Waals surface area contributed by atoms with E-state index in [0.29, 0.717) is 31.0 Å². The number of unbranched alkanes of at least 4 members (excludes halogenated alkanes) is 1. The molecule has 59 heavy (non-hydrogen) atoms. The second kappa shape index (κ2) is 15.3. The zero-order chi connectivity index (χ0) is 41.2. The summed E-state index contributed by atoms with van der Waals surface area (Å²) in [5.74, 6) is 0.230. The fraction of sp³-hybridized carbons (Fsp3) is 0.565. The Bertz CT molecular complexity index is 2340. The van der Waals surface area contributed by atoms with Crippen molar-refractivity contribution in [3.63, 3.8) is 0 Å². The van der Waals surface area contributed by atoms with Gasteiger partial charge in [0, 0.05) is 55.0 Å². The molecule has 0 spiro atoms. The average molecular weight is 819 g/mol. The lowest BCUT2D eigenvalue weighted by atomic mass is 9.39. The third kappa shape index (κ3) is 7.68. The number of carboxylic acid groups (broad SMARTS) is 1. The van der Waals surface area contributed by atoms with Gasteiger partial charge in [-0.15, -0.1) is 16.4 Å². The summed E-state index contributed by atoms with van der Waals surface area (Å²) in [5.41, 5.74) is 6.82. The van der Waals surface area contributed by atoms with E-state index in [2.05, 4.69) is 50.4 Å². The number of hydrogen-bond acceptors (Lipinski definition) is 11. The largest absolute Gasteiger partial charge is 0.476 e. The van der Waals surface area contributed by atoms with E-state index >= 15 is 0 Å². The third-order valence-electron chi connectivity index (χ3n) is 13.9. The molecule has 0 radical (unpaired) electrons. The molecule has 1 aliphatic heterocycles. The highest BCUT2D eigenvalue weighted by molar-refractivity contribution is 7.18. The van der Waals surface area contributed by atoms with Crippen molar-refractivity contribution >= 4 is 39.2 Å². The fourth-order valence-corrected chi connectivity index (χ4v) is 13.5. The normalized spacial score (nSPS) is 26.0. The number of fused-ring (bicyclic) bond motifs is 2. The Morgan fingerprint density at radius 3 is 2.51 bits per heavy atom. The first-order valence-electron chi connectivity index (χ1n) is 21.5. The maximum atomic E-state index is 13.0. The quantitative estimate of drug-likeness (QED) is 0.0988. The van der Waals surface area contributed by atoms with Crippen LogP contribution in [0.5, 0.6) is 0 Å². The molecule has 312 valence electrons. The number of aliphatic hydroxyl groups excluding tert-OH is 1. The molecule has 2 N–H and O–H groups in total. The van der Waals surface area contributed by atoms with Gasteiger partial charge >= 0.3 is 5.97 Å². The Morgan fingerprint density at radius 2 is 1.75 bits per heavy atom. The number of aromatic carboxylic acids is 1. The van der Waals surface area contributed by atoms with E-state index in [1.54, 1.807) is 11.3 Å². The van der Waals surface area contributed by atoms with Crippen LogP contribution in [0.15, 0.2) is 42.6 Å². The molecule has 4 aliphatic carbocycles. The van der Waals surface area contributed by atoms with Crippen LogP contribution in [0.2, 0.25) is 0 Å². The summed E-state index contributed by atoms with van der Waals surface area (Å²) < 4.78 is 10.3. The molecule has 13 heteroatoms. The first-order chi connectivity index (χ1) is 28.3. The van der Waals surface area contributed by atoms with E-state index in [1.165, 1.54) is 6.42 Å². The number of carboxylic acids is 1. The molecule has 4 fully saturated rings. The summed E-state index contributed by atoms with van der Waals surface area (Å²) in [6.07, 6.45) is 12.8. The van der Waals surface area contributed by atoms with Crippen LogP contribution < -0.4 is 4.90 Å². The van der Waals surface area contributed by atoms with Crippen molar-refractivity contribution in [1.82, 2.24) is 34.8 Å². The number of thiazole rings is 1. The van der Waals surface area contributed by atoms with Crippen LogP contribution in [0, 0.1) is 30.1 Å². The molecule has 0 amide bonds. The van der Waals surface area contributed by atoms with Gasteiger partial charge in [-0.3, -0.25) is 4.68 Å². The molecule has 4 aromatic heterocycles. The number of rotatable bonds is 15. The van der Waals surface area contributed by atoms with Gasteiger partial charge in [-0.05, 0) is 138 Å². The molecular weight excluding hydrogens is 761 g/mol. The number of likely N-dealkylation sites (N-methyl/N-ethyl adjacent to an activating group) is 1. The van der Waals surface area contributed by atoms with Gasteiger partial charge in [0.25, 0.3) is 0 Å². The number of carbonyl (C=O) groups is 1. The Morgan fingerprint density at radius 1 is 0.949 bits per heavy atom. The first-order valence-corrected chi connectivity index (χ1v) is 22.3. The highest BCUT2D eigenvalue weighted by Gasteiger charge is 2.66. The minimum absolute atomic E-state index is 0.0120. The second-order valence-corrected chi connectivity index (χ2v) is 20.3. The minimum Gasteiger partial charge on any atom is -0.476 e. The standard InChI is InChI=1S/C46H58N8O4S/c1-30-32-11-10-17-53(41(32)51-50-36(30)21-39-48-35-12-6-7-13-37(35)59-39)38-15-14-33(40(49-38)42(56)57)34-22-47-54(31(34)2)29-45-24-43(3)23-44(4,25-45)27-46(26-43,28-45)58-20-18-52(5)16-8-9-19-55/h6-7,12-15,22,55H,8-11,16-21,23-29H2,1-5H3,(H,56,57). The fourth-order valence-electron chi connectivity index (χ4n) is 12.5. The third-order valence-corrected chi connectivity index (χ3v) is 14.9. The van der Waals surface area contributed by atoms with E-state index in [-0.39, 0.29) is 34.1 Å². The maximum absolute atomic E-state index is 13.0. The summed E-state index contributed by atoms with van der Waals surface area (Å²) in [7, 11) is 2.14. The lowest BCUT2D eigenvalue weighted by Crippen LogP contribution is -2.64. The monoisotopic (exact) mass is 818 g/mol. The molecule has 0 saturated heterocycles. The molecular formula is C46H58N8O4S. The van der Waals surface area contributed by atoms with Crippen molar-refractivity contribution in [2.75, 3.05) is 44.8 Å². The van der Waals surface area contributed by atoms with Crippen LogP contribution in [-0.2, 0) is 24.1 Å². The number of benzene rings is 1. The van der Waals surface area contributed by atoms with Crippen molar-refractivity contribution in [1.29, 1.82) is 0 Å². The molecule has 4 bridgehead atoms. The predicted molar refractivity (Wildman–Crippen MR) is 231 cm³/mol. The Balaban J connectivity index is 0.948. The van der Waals surface area contributed by atoms with E-state index in [9.17, 15) is 15.0 Å². The lowest BCUT2D eigenvalue weighted by Gasteiger charge is -2.69. The number of anilines is 2. The topological polar surface area (TPSA) is 143 Å². The molecule has 5 aromatic rings. The highest BCUT2D eigenvalue weighted by Crippen LogP contribution is 2.72. The Hall–Kier alpha value is -4.30. The Labute approximate surface area is 351 Å². The van der Waals surface area contributed by atoms with Crippen molar-refractivity contribution in [3.05, 3.63) is 75.8 Å². The first kappa shape index (κ1) is 40.1. The molecule has 12 nitrogen and oxygen atoms in total. The number of para-hydroxylation sites is 1. The van der Waals surface area contributed by atoms with Crippen LogP contribution in [0.4, 0.5) is 11.6 Å². The van der Waals surface area contributed by atoms with Crippen molar-refractivity contribution in [2.45, 2.75) is 110 Å². The molecule has 2 unspecified atom stereocenters. The smallest absolute Gasteiger partial charge is 0.355 e. The number of aromatic nitrogens is 6. The molecule has 2 atom stereocenters. The minimum atomic E-state index is -1.07. The number of aliphatic hydroxyl groups is 1. The predicted octanol–water partition coefficient (Wildman–Crippen LogP) is 8.18. The summed E-state index contributed by atoms with van der Waals surface area (Å²) in [6.45, 7) is 13.4. The van der Waals surface area contributed by atoms with Gasteiger partial charge in [-0.25, -0.2) is 14.8 Å².